The first kappa shape index (κ1) is 44.2. The summed E-state index contributed by atoms with van der Waals surface area (Å²) in [6.45, 7) is 4.63. The number of rotatable bonds is 33. The summed E-state index contributed by atoms with van der Waals surface area (Å²) in [5, 5.41) is 13.5. The van der Waals surface area contributed by atoms with E-state index in [9.17, 15) is 19.4 Å². The molecule has 0 fully saturated rings. The summed E-state index contributed by atoms with van der Waals surface area (Å²) in [6, 6.07) is -0.835. The molecule has 0 aromatic carbocycles. The largest absolute Gasteiger partial charge is 0.472 e. The van der Waals surface area contributed by atoms with Crippen molar-refractivity contribution in [1.29, 1.82) is 0 Å². The zero-order chi connectivity index (χ0) is 33.7. The van der Waals surface area contributed by atoms with Crippen LogP contribution in [-0.2, 0) is 18.4 Å². The lowest BCUT2D eigenvalue weighted by atomic mass is 10.0. The second-order valence-electron chi connectivity index (χ2n) is 14.0. The van der Waals surface area contributed by atoms with Gasteiger partial charge in [-0.15, -0.1) is 0 Å². The molecule has 0 aliphatic heterocycles. The Kier molecular flexibility index (Phi) is 28.9. The highest BCUT2D eigenvalue weighted by molar-refractivity contribution is 7.47. The maximum Gasteiger partial charge on any atom is 0.472 e. The van der Waals surface area contributed by atoms with Crippen molar-refractivity contribution in [2.75, 3.05) is 40.9 Å². The number of allylic oxidation sites excluding steroid dienone is 1. The highest BCUT2D eigenvalue weighted by Crippen LogP contribution is 2.43. The van der Waals surface area contributed by atoms with Crippen LogP contribution in [0.25, 0.3) is 0 Å². The third kappa shape index (κ3) is 31.6. The average Bonchev–Trinajstić information content (AvgIpc) is 2.97. The van der Waals surface area contributed by atoms with Gasteiger partial charge in [0.25, 0.3) is 0 Å². The molecule has 3 atom stereocenters. The fraction of sp³-hybridized carbons (Fsp3) is 0.917. The van der Waals surface area contributed by atoms with Gasteiger partial charge in [0.15, 0.2) is 0 Å². The minimum absolute atomic E-state index is 0.0627. The molecule has 3 unspecified atom stereocenters. The van der Waals surface area contributed by atoms with E-state index in [-0.39, 0.29) is 19.1 Å². The Hall–Kier alpha value is -0.760. The minimum Gasteiger partial charge on any atom is -0.387 e. The summed E-state index contributed by atoms with van der Waals surface area (Å²) >= 11 is 0. The third-order valence-electron chi connectivity index (χ3n) is 8.26. The molecule has 0 aromatic rings. The molecule has 0 saturated heterocycles. The quantitative estimate of drug-likeness (QED) is 0.0280. The normalized spacial score (nSPS) is 14.9. The topological polar surface area (TPSA) is 105 Å². The van der Waals surface area contributed by atoms with Crippen LogP contribution in [0.3, 0.4) is 0 Å². The Morgan fingerprint density at radius 3 is 1.64 bits per heavy atom. The number of carbonyl (C=O) groups excluding carboxylic acids is 1. The molecule has 9 heteroatoms. The fourth-order valence-corrected chi connectivity index (χ4v) is 5.95. The summed E-state index contributed by atoms with van der Waals surface area (Å²) in [5.41, 5.74) is 0. The van der Waals surface area contributed by atoms with Crippen molar-refractivity contribution in [2.45, 2.75) is 174 Å². The SMILES string of the molecule is CCCCCCCCCCCCCCCCCCCC/C=C/C(O)C(COP(=O)(O)OCC[N+](C)(C)C)NC(=O)CCCCC. The Labute approximate surface area is 278 Å². The van der Waals surface area contributed by atoms with Gasteiger partial charge in [-0.2, -0.15) is 0 Å². The van der Waals surface area contributed by atoms with Crippen LogP contribution in [0, 0.1) is 0 Å². The number of phosphoric acid groups is 1. The molecule has 45 heavy (non-hydrogen) atoms. The van der Waals surface area contributed by atoms with E-state index < -0.39 is 20.0 Å². The van der Waals surface area contributed by atoms with E-state index in [1.54, 1.807) is 6.08 Å². The lowest BCUT2D eigenvalue weighted by Gasteiger charge is -2.25. The van der Waals surface area contributed by atoms with Crippen molar-refractivity contribution in [2.24, 2.45) is 0 Å². The molecular weight excluding hydrogens is 587 g/mol. The number of nitrogens with zero attached hydrogens (tertiary/aromatic N) is 1. The number of quaternary nitrogens is 1. The van der Waals surface area contributed by atoms with Crippen molar-refractivity contribution in [3.05, 3.63) is 12.2 Å². The van der Waals surface area contributed by atoms with Gasteiger partial charge in [-0.1, -0.05) is 148 Å². The molecule has 0 bridgehead atoms. The molecule has 8 nitrogen and oxygen atoms in total. The van der Waals surface area contributed by atoms with Crippen LogP contribution in [0.2, 0.25) is 0 Å². The second-order valence-corrected chi connectivity index (χ2v) is 15.4. The molecule has 0 rings (SSSR count). The van der Waals surface area contributed by atoms with Gasteiger partial charge in [0.05, 0.1) is 39.9 Å². The number of hydrogen-bond acceptors (Lipinski definition) is 5. The van der Waals surface area contributed by atoms with Crippen LogP contribution in [0.4, 0.5) is 0 Å². The van der Waals surface area contributed by atoms with Crippen molar-refractivity contribution >= 4 is 13.7 Å². The first-order chi connectivity index (χ1) is 21.5. The summed E-state index contributed by atoms with van der Waals surface area (Å²) in [6.07, 6.45) is 30.7. The summed E-state index contributed by atoms with van der Waals surface area (Å²) in [5.74, 6) is -0.202. The van der Waals surface area contributed by atoms with Gasteiger partial charge in [-0.3, -0.25) is 13.8 Å². The number of aliphatic hydroxyl groups is 1. The van der Waals surface area contributed by atoms with E-state index in [4.69, 9.17) is 9.05 Å². The van der Waals surface area contributed by atoms with E-state index in [0.717, 1.165) is 38.5 Å². The Balaban J connectivity index is 4.15. The average molecular weight is 662 g/mol. The number of likely N-dealkylation sites (N-methyl/N-ethyl adjacent to an activating group) is 1. The molecular formula is C36H74N2O6P+. The molecule has 3 N–H and O–H groups in total. The maximum atomic E-state index is 12.4. The van der Waals surface area contributed by atoms with E-state index >= 15 is 0 Å². The maximum absolute atomic E-state index is 12.4. The zero-order valence-corrected chi connectivity index (χ0v) is 31.0. The second kappa shape index (κ2) is 29.4. The number of carbonyl (C=O) groups is 1. The number of hydrogen-bond donors (Lipinski definition) is 3. The lowest BCUT2D eigenvalue weighted by molar-refractivity contribution is -0.870. The lowest BCUT2D eigenvalue weighted by Crippen LogP contribution is -2.45. The van der Waals surface area contributed by atoms with Gasteiger partial charge in [-0.25, -0.2) is 4.57 Å². The van der Waals surface area contributed by atoms with Crippen LogP contribution in [0.1, 0.15) is 162 Å². The predicted molar refractivity (Wildman–Crippen MR) is 189 cm³/mol. The van der Waals surface area contributed by atoms with E-state index in [2.05, 4.69) is 19.2 Å². The molecule has 1 amide bonds. The summed E-state index contributed by atoms with van der Waals surface area (Å²) in [7, 11) is 1.57. The smallest absolute Gasteiger partial charge is 0.387 e. The predicted octanol–water partition coefficient (Wildman–Crippen LogP) is 9.24. The number of amides is 1. The van der Waals surface area contributed by atoms with Gasteiger partial charge < -0.3 is 19.8 Å². The Morgan fingerprint density at radius 2 is 1.18 bits per heavy atom. The number of aliphatic hydroxyl groups excluding tert-OH is 1. The van der Waals surface area contributed by atoms with Crippen molar-refractivity contribution in [3.63, 3.8) is 0 Å². The highest BCUT2D eigenvalue weighted by Gasteiger charge is 2.27. The molecule has 0 saturated carbocycles. The molecule has 268 valence electrons. The molecule has 0 aliphatic rings. The number of phosphoric ester groups is 1. The van der Waals surface area contributed by atoms with Crippen LogP contribution >= 0.6 is 7.82 Å². The first-order valence-corrected chi connectivity index (χ1v) is 20.1. The third-order valence-corrected chi connectivity index (χ3v) is 9.24. The highest BCUT2D eigenvalue weighted by atomic mass is 31.2. The molecule has 0 aromatic heterocycles. The van der Waals surface area contributed by atoms with Crippen molar-refractivity contribution < 1.29 is 32.9 Å². The van der Waals surface area contributed by atoms with Gasteiger partial charge in [-0.05, 0) is 19.3 Å². The zero-order valence-electron chi connectivity index (χ0n) is 30.1. The van der Waals surface area contributed by atoms with E-state index in [0.29, 0.717) is 17.4 Å². The van der Waals surface area contributed by atoms with E-state index in [1.165, 1.54) is 103 Å². The molecule has 0 radical (unpaired) electrons. The van der Waals surface area contributed by atoms with E-state index in [1.807, 2.05) is 27.2 Å². The summed E-state index contributed by atoms with van der Waals surface area (Å²) in [4.78, 5) is 22.5. The van der Waals surface area contributed by atoms with Gasteiger partial charge in [0.1, 0.15) is 13.2 Å². The number of nitrogens with one attached hydrogen (secondary N) is 1. The van der Waals surface area contributed by atoms with Gasteiger partial charge in [0, 0.05) is 6.42 Å². The first-order valence-electron chi connectivity index (χ1n) is 18.6. The molecule has 0 aliphatic carbocycles. The monoisotopic (exact) mass is 662 g/mol. The van der Waals surface area contributed by atoms with Crippen LogP contribution in [0.5, 0.6) is 0 Å². The van der Waals surface area contributed by atoms with Crippen molar-refractivity contribution in [3.8, 4) is 0 Å². The van der Waals surface area contributed by atoms with Crippen molar-refractivity contribution in [1.82, 2.24) is 5.32 Å². The Morgan fingerprint density at radius 1 is 0.733 bits per heavy atom. The number of unbranched alkanes of at least 4 members (excludes halogenated alkanes) is 20. The minimum atomic E-state index is -4.31. The van der Waals surface area contributed by atoms with Gasteiger partial charge in [0.2, 0.25) is 5.91 Å². The fourth-order valence-electron chi connectivity index (χ4n) is 5.22. The van der Waals surface area contributed by atoms with Crippen LogP contribution < -0.4 is 5.32 Å². The van der Waals surface area contributed by atoms with Crippen LogP contribution in [0.15, 0.2) is 12.2 Å². The van der Waals surface area contributed by atoms with Crippen LogP contribution in [-0.4, -0.2) is 73.4 Å². The molecule has 0 spiro atoms. The summed E-state index contributed by atoms with van der Waals surface area (Å²) < 4.78 is 23.2. The standard InChI is InChI=1S/C36H73N2O6P/c1-6-8-10-11-12-13-14-15-16-17-18-19-20-21-22-23-24-25-26-28-29-35(39)34(37-36(40)30-27-9-7-2)33-44-45(41,42)43-32-31-38(3,4)5/h28-29,34-35,39H,6-27,30-33H2,1-5H3,(H-,37,40,41,42)/p+1/b29-28+. The molecule has 0 heterocycles. The van der Waals surface area contributed by atoms with Gasteiger partial charge >= 0.3 is 7.82 Å². The Bertz CT molecular complexity index is 758.